The monoisotopic (exact) mass is 287 g/mol. The van der Waals surface area contributed by atoms with Gasteiger partial charge in [-0.2, -0.15) is 5.26 Å². The van der Waals surface area contributed by atoms with Gasteiger partial charge in [-0.25, -0.2) is 4.79 Å². The van der Waals surface area contributed by atoms with Crippen LogP contribution >= 0.6 is 0 Å². The molecule has 1 aromatic carbocycles. The molecule has 0 spiro atoms. The fraction of sp³-hybridized carbons (Fsp3) is 0.375. The SMILES string of the molecule is CCCn1c2c(c3cccc(C(=O)OO)c31)CC(=O)CC2. The third kappa shape index (κ3) is 2.14. The van der Waals surface area contributed by atoms with Crippen LogP contribution in [0.1, 0.15) is 41.4 Å². The predicted octanol–water partition coefficient (Wildman–Crippen LogP) is 2.74. The molecule has 1 heterocycles. The van der Waals surface area contributed by atoms with Gasteiger partial charge in [0, 0.05) is 30.5 Å². The van der Waals surface area contributed by atoms with E-state index in [4.69, 9.17) is 5.26 Å². The number of fused-ring (bicyclic) bond motifs is 3. The lowest BCUT2D eigenvalue weighted by atomic mass is 9.94. The summed E-state index contributed by atoms with van der Waals surface area (Å²) in [7, 11) is 0. The Morgan fingerprint density at radius 1 is 1.38 bits per heavy atom. The Morgan fingerprint density at radius 2 is 2.19 bits per heavy atom. The largest absolute Gasteiger partial charge is 0.374 e. The molecule has 5 nitrogen and oxygen atoms in total. The van der Waals surface area contributed by atoms with E-state index < -0.39 is 5.97 Å². The summed E-state index contributed by atoms with van der Waals surface area (Å²) in [6, 6.07) is 5.32. The lowest BCUT2D eigenvalue weighted by molar-refractivity contribution is -0.182. The summed E-state index contributed by atoms with van der Waals surface area (Å²) >= 11 is 0. The second-order valence-electron chi connectivity index (χ2n) is 5.37. The average Bonchev–Trinajstić information content (AvgIpc) is 2.81. The second kappa shape index (κ2) is 5.33. The number of aromatic nitrogens is 1. The van der Waals surface area contributed by atoms with Gasteiger partial charge in [0.2, 0.25) is 0 Å². The highest BCUT2D eigenvalue weighted by Crippen LogP contribution is 2.33. The van der Waals surface area contributed by atoms with Crippen LogP contribution in [-0.4, -0.2) is 21.6 Å². The van der Waals surface area contributed by atoms with Crippen LogP contribution in [0.5, 0.6) is 0 Å². The van der Waals surface area contributed by atoms with E-state index in [2.05, 4.69) is 16.4 Å². The number of ketones is 1. The van der Waals surface area contributed by atoms with Gasteiger partial charge in [-0.15, -0.1) is 0 Å². The van der Waals surface area contributed by atoms with Crippen molar-refractivity contribution in [2.24, 2.45) is 0 Å². The summed E-state index contributed by atoms with van der Waals surface area (Å²) in [4.78, 5) is 27.5. The molecule has 0 saturated carbocycles. The van der Waals surface area contributed by atoms with E-state index in [1.165, 1.54) is 0 Å². The third-order valence-electron chi connectivity index (χ3n) is 4.07. The molecular formula is C16H17NO4. The average molecular weight is 287 g/mol. The van der Waals surface area contributed by atoms with Crippen LogP contribution in [-0.2, 0) is 29.1 Å². The summed E-state index contributed by atoms with van der Waals surface area (Å²) in [6.07, 6.45) is 2.59. The van der Waals surface area contributed by atoms with Crippen LogP contribution in [0.25, 0.3) is 10.9 Å². The van der Waals surface area contributed by atoms with E-state index in [1.54, 1.807) is 12.1 Å². The van der Waals surface area contributed by atoms with Crippen molar-refractivity contribution in [2.45, 2.75) is 39.2 Å². The number of rotatable bonds is 3. The topological polar surface area (TPSA) is 68.5 Å². The maximum Gasteiger partial charge on any atom is 0.374 e. The zero-order chi connectivity index (χ0) is 15.0. The van der Waals surface area contributed by atoms with Gasteiger partial charge in [0.25, 0.3) is 0 Å². The smallest absolute Gasteiger partial charge is 0.344 e. The lowest BCUT2D eigenvalue weighted by Gasteiger charge is -2.15. The number of benzene rings is 1. The van der Waals surface area contributed by atoms with Gasteiger partial charge in [0.15, 0.2) is 0 Å². The summed E-state index contributed by atoms with van der Waals surface area (Å²) in [5.41, 5.74) is 3.25. The lowest BCUT2D eigenvalue weighted by Crippen LogP contribution is -2.15. The summed E-state index contributed by atoms with van der Waals surface area (Å²) in [5.74, 6) is -0.535. The molecule has 0 radical (unpaired) electrons. The molecule has 2 aromatic rings. The van der Waals surface area contributed by atoms with Crippen molar-refractivity contribution in [3.8, 4) is 0 Å². The van der Waals surface area contributed by atoms with Gasteiger partial charge in [-0.3, -0.25) is 9.68 Å². The van der Waals surface area contributed by atoms with Crippen molar-refractivity contribution in [2.75, 3.05) is 0 Å². The number of carbonyl (C=O) groups is 2. The Kier molecular flexibility index (Phi) is 3.51. The summed E-state index contributed by atoms with van der Waals surface area (Å²) in [6.45, 7) is 2.84. The Morgan fingerprint density at radius 3 is 2.90 bits per heavy atom. The highest BCUT2D eigenvalue weighted by molar-refractivity contribution is 6.05. The molecule has 0 saturated heterocycles. The van der Waals surface area contributed by atoms with E-state index in [0.717, 1.165) is 35.1 Å². The van der Waals surface area contributed by atoms with Crippen molar-refractivity contribution >= 4 is 22.7 Å². The molecule has 21 heavy (non-hydrogen) atoms. The first kappa shape index (κ1) is 13.8. The fourth-order valence-electron chi connectivity index (χ4n) is 3.24. The molecule has 0 unspecified atom stereocenters. The molecule has 0 aliphatic heterocycles. The van der Waals surface area contributed by atoms with Gasteiger partial charge >= 0.3 is 5.97 Å². The van der Waals surface area contributed by atoms with Crippen molar-refractivity contribution in [1.82, 2.24) is 4.57 Å². The van der Waals surface area contributed by atoms with E-state index >= 15 is 0 Å². The maximum absolute atomic E-state index is 11.8. The number of nitrogens with zero attached hydrogens (tertiary/aromatic N) is 1. The second-order valence-corrected chi connectivity index (χ2v) is 5.37. The van der Waals surface area contributed by atoms with Crippen LogP contribution in [0.4, 0.5) is 0 Å². The molecular weight excluding hydrogens is 270 g/mol. The first-order chi connectivity index (χ1) is 10.2. The molecule has 110 valence electrons. The first-order valence-corrected chi connectivity index (χ1v) is 7.17. The van der Waals surface area contributed by atoms with Crippen LogP contribution in [0.2, 0.25) is 0 Å². The number of hydrogen-bond donors (Lipinski definition) is 1. The highest BCUT2D eigenvalue weighted by Gasteiger charge is 2.26. The molecule has 3 rings (SSSR count). The number of Topliss-reactive ketones (excluding diaryl/α,β-unsaturated/α-hetero) is 1. The van der Waals surface area contributed by atoms with Crippen LogP contribution in [0.3, 0.4) is 0 Å². The Balaban J connectivity index is 2.33. The molecule has 1 aliphatic carbocycles. The Bertz CT molecular complexity index is 729. The van der Waals surface area contributed by atoms with Gasteiger partial charge in [-0.1, -0.05) is 19.1 Å². The number of aryl methyl sites for hydroxylation is 1. The minimum atomic E-state index is -0.765. The van der Waals surface area contributed by atoms with E-state index in [0.29, 0.717) is 24.8 Å². The molecule has 1 aromatic heterocycles. The van der Waals surface area contributed by atoms with Crippen LogP contribution in [0, 0.1) is 0 Å². The molecule has 1 aliphatic rings. The molecule has 5 heteroatoms. The van der Waals surface area contributed by atoms with E-state index in [9.17, 15) is 9.59 Å². The normalized spacial score (nSPS) is 14.3. The number of hydrogen-bond acceptors (Lipinski definition) is 4. The van der Waals surface area contributed by atoms with Crippen molar-refractivity contribution in [3.05, 3.63) is 35.0 Å². The van der Waals surface area contributed by atoms with Gasteiger partial charge in [0.05, 0.1) is 11.1 Å². The molecule has 0 atom stereocenters. The van der Waals surface area contributed by atoms with E-state index in [1.807, 2.05) is 6.07 Å². The molecule has 1 N–H and O–H groups in total. The maximum atomic E-state index is 11.8. The quantitative estimate of drug-likeness (QED) is 0.696. The molecule has 0 amide bonds. The molecule has 0 fully saturated rings. The van der Waals surface area contributed by atoms with Crippen LogP contribution in [0.15, 0.2) is 18.2 Å². The third-order valence-corrected chi connectivity index (χ3v) is 4.07. The minimum Gasteiger partial charge on any atom is -0.344 e. The van der Waals surface area contributed by atoms with Gasteiger partial charge in [0.1, 0.15) is 5.78 Å². The standard InChI is InChI=1S/C16H17NO4/c1-2-8-17-14-7-6-10(18)9-13(14)11-4-3-5-12(15(11)17)16(19)21-20/h3-5,20H,2,6-9H2,1H3. The van der Waals surface area contributed by atoms with E-state index in [-0.39, 0.29) is 5.78 Å². The van der Waals surface area contributed by atoms with Crippen molar-refractivity contribution in [3.63, 3.8) is 0 Å². The highest BCUT2D eigenvalue weighted by atomic mass is 17.1. The van der Waals surface area contributed by atoms with Crippen molar-refractivity contribution in [1.29, 1.82) is 0 Å². The molecule has 0 bridgehead atoms. The van der Waals surface area contributed by atoms with Crippen molar-refractivity contribution < 1.29 is 19.7 Å². The zero-order valence-electron chi connectivity index (χ0n) is 11.9. The number of carbonyl (C=O) groups excluding carboxylic acids is 2. The van der Waals surface area contributed by atoms with Crippen LogP contribution < -0.4 is 0 Å². The van der Waals surface area contributed by atoms with Gasteiger partial charge < -0.3 is 4.57 Å². The first-order valence-electron chi connectivity index (χ1n) is 7.17. The Labute approximate surface area is 122 Å². The number of para-hydroxylation sites is 1. The minimum absolute atomic E-state index is 0.230. The zero-order valence-corrected chi connectivity index (χ0v) is 11.9. The summed E-state index contributed by atoms with van der Waals surface area (Å²) in [5, 5.41) is 9.61. The summed E-state index contributed by atoms with van der Waals surface area (Å²) < 4.78 is 2.10. The predicted molar refractivity (Wildman–Crippen MR) is 77.3 cm³/mol. The van der Waals surface area contributed by atoms with Gasteiger partial charge in [-0.05, 0) is 24.5 Å². The Hall–Kier alpha value is -2.14. The fourth-order valence-corrected chi connectivity index (χ4v) is 3.24.